The van der Waals surface area contributed by atoms with Gasteiger partial charge in [0.25, 0.3) is 0 Å². The smallest absolute Gasteiger partial charge is 0.237 e. The van der Waals surface area contributed by atoms with Gasteiger partial charge >= 0.3 is 0 Å². The molecule has 1 aromatic heterocycles. The van der Waals surface area contributed by atoms with E-state index in [9.17, 15) is 9.90 Å². The molecule has 2 aromatic rings. The van der Waals surface area contributed by atoms with Gasteiger partial charge in [0.05, 0.1) is 18.7 Å². The maximum absolute atomic E-state index is 13.3. The summed E-state index contributed by atoms with van der Waals surface area (Å²) in [4.78, 5) is 18.8. The number of aryl methyl sites for hydroxylation is 1. The molecule has 1 fully saturated rings. The van der Waals surface area contributed by atoms with E-state index in [1.165, 1.54) is 23.3 Å². The second-order valence-electron chi connectivity index (χ2n) is 8.77. The molecule has 1 aliphatic heterocycles. The van der Waals surface area contributed by atoms with E-state index in [0.717, 1.165) is 30.8 Å². The number of fused-ring (bicyclic) bond motifs is 1. The van der Waals surface area contributed by atoms with Gasteiger partial charge in [0, 0.05) is 24.5 Å². The van der Waals surface area contributed by atoms with E-state index in [1.54, 1.807) is 18.3 Å². The molecule has 1 N–H and O–H groups in total. The molecule has 1 saturated carbocycles. The maximum Gasteiger partial charge on any atom is 0.237 e. The van der Waals surface area contributed by atoms with Crippen LogP contribution in [-0.4, -0.2) is 59.7 Å². The molecule has 1 aromatic carbocycles. The number of rotatable bonds is 9. The Bertz CT molecular complexity index is 858. The monoisotopic (exact) mass is 428 g/mol. The van der Waals surface area contributed by atoms with Gasteiger partial charge in [0.2, 0.25) is 5.91 Å². The third-order valence-corrected chi connectivity index (χ3v) is 6.90. The van der Waals surface area contributed by atoms with Gasteiger partial charge in [0.1, 0.15) is 12.4 Å². The van der Waals surface area contributed by atoms with E-state index in [4.69, 9.17) is 4.74 Å². The quantitative estimate of drug-likeness (QED) is 0.662. The third-order valence-electron chi connectivity index (χ3n) is 5.91. The topological polar surface area (TPSA) is 53.0 Å². The van der Waals surface area contributed by atoms with E-state index in [1.807, 2.05) is 23.1 Å². The summed E-state index contributed by atoms with van der Waals surface area (Å²) < 4.78 is 6.13. The first kappa shape index (κ1) is 21.3. The molecule has 6 heteroatoms. The minimum Gasteiger partial charge on any atom is -0.491 e. The largest absolute Gasteiger partial charge is 0.491 e. The highest BCUT2D eigenvalue weighted by Crippen LogP contribution is 2.34. The molecule has 0 bridgehead atoms. The lowest BCUT2D eigenvalue weighted by molar-refractivity contribution is -0.136. The average molecular weight is 429 g/mol. The number of thiophene rings is 1. The first-order chi connectivity index (χ1) is 14.5. The van der Waals surface area contributed by atoms with Gasteiger partial charge in [-0.1, -0.05) is 12.1 Å². The lowest BCUT2D eigenvalue weighted by Gasteiger charge is -2.37. The van der Waals surface area contributed by atoms with E-state index in [2.05, 4.69) is 29.3 Å². The number of nitrogens with zero attached hydrogens (tertiary/aromatic N) is 2. The normalized spacial score (nSPS) is 19.6. The van der Waals surface area contributed by atoms with E-state index < -0.39 is 6.10 Å². The number of aliphatic hydroxyl groups is 1. The van der Waals surface area contributed by atoms with Crippen molar-refractivity contribution < 1.29 is 14.6 Å². The summed E-state index contributed by atoms with van der Waals surface area (Å²) in [6, 6.07) is 10.1. The summed E-state index contributed by atoms with van der Waals surface area (Å²) in [7, 11) is 0. The molecule has 5 nitrogen and oxygen atoms in total. The van der Waals surface area contributed by atoms with Crippen LogP contribution in [0.15, 0.2) is 35.7 Å². The van der Waals surface area contributed by atoms with Crippen molar-refractivity contribution in [3.8, 4) is 5.75 Å². The zero-order valence-electron chi connectivity index (χ0n) is 17.9. The summed E-state index contributed by atoms with van der Waals surface area (Å²) in [5.41, 5.74) is 2.38. The first-order valence-corrected chi connectivity index (χ1v) is 11.8. The van der Waals surface area contributed by atoms with Crippen LogP contribution >= 0.6 is 11.3 Å². The number of carbonyl (C=O) groups excluding carboxylic acids is 1. The SMILES string of the molecule is Cc1cccc(OC[C@@H]2c3ccsc3CCN2C(=O)CN(CC2CC2)C[C@@H](C)O)c1. The number of hydrogen-bond donors (Lipinski definition) is 1. The Labute approximate surface area is 183 Å². The Morgan fingerprint density at radius 3 is 2.93 bits per heavy atom. The van der Waals surface area contributed by atoms with Crippen LogP contribution < -0.4 is 4.74 Å². The molecule has 4 rings (SSSR count). The van der Waals surface area contributed by atoms with Gasteiger partial charge < -0.3 is 14.7 Å². The molecule has 0 saturated heterocycles. The molecule has 0 radical (unpaired) electrons. The minimum atomic E-state index is -0.429. The molecule has 1 amide bonds. The molecule has 1 aliphatic carbocycles. The number of amides is 1. The third kappa shape index (κ3) is 5.42. The van der Waals surface area contributed by atoms with Crippen molar-refractivity contribution in [3.05, 3.63) is 51.7 Å². The summed E-state index contributed by atoms with van der Waals surface area (Å²) in [6.45, 7) is 6.83. The molecule has 162 valence electrons. The zero-order chi connectivity index (χ0) is 21.1. The number of benzene rings is 1. The highest BCUT2D eigenvalue weighted by molar-refractivity contribution is 7.10. The fourth-order valence-electron chi connectivity index (χ4n) is 4.28. The molecule has 0 unspecified atom stereocenters. The molecular weight excluding hydrogens is 396 g/mol. The summed E-state index contributed by atoms with van der Waals surface area (Å²) in [5.74, 6) is 1.65. The van der Waals surface area contributed by atoms with Crippen LogP contribution in [0.25, 0.3) is 0 Å². The van der Waals surface area contributed by atoms with Gasteiger partial charge in [0.15, 0.2) is 0 Å². The fourth-order valence-corrected chi connectivity index (χ4v) is 5.21. The van der Waals surface area contributed by atoms with Crippen molar-refractivity contribution in [3.63, 3.8) is 0 Å². The lowest BCUT2D eigenvalue weighted by atomic mass is 10.0. The molecule has 2 aliphatic rings. The van der Waals surface area contributed by atoms with Crippen molar-refractivity contribution >= 4 is 17.2 Å². The van der Waals surface area contributed by atoms with Gasteiger partial charge in [-0.3, -0.25) is 9.69 Å². The van der Waals surface area contributed by atoms with Crippen LogP contribution in [0.1, 0.15) is 41.8 Å². The van der Waals surface area contributed by atoms with Crippen molar-refractivity contribution in [2.45, 2.75) is 45.3 Å². The number of ether oxygens (including phenoxy) is 1. The van der Waals surface area contributed by atoms with Crippen molar-refractivity contribution in [1.82, 2.24) is 9.80 Å². The molecule has 2 heterocycles. The van der Waals surface area contributed by atoms with Crippen molar-refractivity contribution in [2.75, 3.05) is 32.8 Å². The standard InChI is InChI=1S/C24H32N2O3S/c1-17-4-3-5-20(12-17)29-16-22-21-9-11-30-23(21)8-10-26(22)24(28)15-25(13-18(2)27)14-19-6-7-19/h3-5,9,11-12,18-19,22,27H,6-8,10,13-16H2,1-2H3/t18-,22-/m1/s1. The van der Waals surface area contributed by atoms with Crippen molar-refractivity contribution in [2.24, 2.45) is 5.92 Å². The highest BCUT2D eigenvalue weighted by Gasteiger charge is 2.34. The molecule has 30 heavy (non-hydrogen) atoms. The van der Waals surface area contributed by atoms with E-state index >= 15 is 0 Å². The van der Waals surface area contributed by atoms with Crippen LogP contribution in [0.4, 0.5) is 0 Å². The van der Waals surface area contributed by atoms with Crippen LogP contribution in [-0.2, 0) is 11.2 Å². The Kier molecular flexibility index (Phi) is 6.76. The Morgan fingerprint density at radius 1 is 1.37 bits per heavy atom. The summed E-state index contributed by atoms with van der Waals surface area (Å²) in [6.07, 6.45) is 2.94. The van der Waals surface area contributed by atoms with Gasteiger partial charge in [-0.05, 0) is 73.7 Å². The van der Waals surface area contributed by atoms with Gasteiger partial charge in [-0.15, -0.1) is 11.3 Å². The predicted octanol–water partition coefficient (Wildman–Crippen LogP) is 3.65. The molecular formula is C24H32N2O3S. The average Bonchev–Trinajstić information content (AvgIpc) is 3.37. The molecule has 2 atom stereocenters. The summed E-state index contributed by atoms with van der Waals surface area (Å²) >= 11 is 1.77. The van der Waals surface area contributed by atoms with Crippen molar-refractivity contribution in [1.29, 1.82) is 0 Å². The fraction of sp³-hybridized carbons (Fsp3) is 0.542. The second kappa shape index (κ2) is 9.50. The van der Waals surface area contributed by atoms with Crippen LogP contribution in [0.3, 0.4) is 0 Å². The van der Waals surface area contributed by atoms with Crippen LogP contribution in [0, 0.1) is 12.8 Å². The first-order valence-electron chi connectivity index (χ1n) is 10.9. The molecule has 0 spiro atoms. The zero-order valence-corrected chi connectivity index (χ0v) is 18.7. The number of carbonyl (C=O) groups is 1. The number of hydrogen-bond acceptors (Lipinski definition) is 5. The Balaban J connectivity index is 1.47. The predicted molar refractivity (Wildman–Crippen MR) is 120 cm³/mol. The van der Waals surface area contributed by atoms with Gasteiger partial charge in [-0.2, -0.15) is 0 Å². The van der Waals surface area contributed by atoms with Crippen LogP contribution in [0.2, 0.25) is 0 Å². The maximum atomic E-state index is 13.3. The van der Waals surface area contributed by atoms with Gasteiger partial charge in [-0.25, -0.2) is 0 Å². The van der Waals surface area contributed by atoms with E-state index in [-0.39, 0.29) is 11.9 Å². The lowest BCUT2D eigenvalue weighted by Crippen LogP contribution is -2.48. The van der Waals surface area contributed by atoms with Crippen LogP contribution in [0.5, 0.6) is 5.75 Å². The Hall–Kier alpha value is -1.89. The summed E-state index contributed by atoms with van der Waals surface area (Å²) in [5, 5.41) is 12.0. The highest BCUT2D eigenvalue weighted by atomic mass is 32.1. The van der Waals surface area contributed by atoms with E-state index in [0.29, 0.717) is 25.6 Å². The minimum absolute atomic E-state index is 0.0673. The number of aliphatic hydroxyl groups excluding tert-OH is 1. The Morgan fingerprint density at radius 2 is 2.20 bits per heavy atom. The second-order valence-corrected chi connectivity index (χ2v) is 9.77.